The highest BCUT2D eigenvalue weighted by atomic mass is 79.9. The summed E-state index contributed by atoms with van der Waals surface area (Å²) in [5.41, 5.74) is 0. The molecule has 0 aromatic rings. The monoisotopic (exact) mass is 289 g/mol. The van der Waals surface area contributed by atoms with Gasteiger partial charge in [-0.3, -0.25) is 4.90 Å². The molecule has 1 rings (SSSR count). The van der Waals surface area contributed by atoms with E-state index in [1.807, 2.05) is 0 Å². The van der Waals surface area contributed by atoms with Crippen molar-refractivity contribution in [2.45, 2.75) is 25.1 Å². The molecule has 0 aliphatic carbocycles. The summed E-state index contributed by atoms with van der Waals surface area (Å²) < 4.78 is 41.9. The molecule has 1 aliphatic rings. The third-order valence-corrected chi connectivity index (χ3v) is 2.64. The van der Waals surface area contributed by atoms with E-state index < -0.39 is 12.7 Å². The number of alkyl halides is 4. The summed E-state index contributed by atoms with van der Waals surface area (Å²) in [7, 11) is 0. The number of rotatable bonds is 5. The van der Waals surface area contributed by atoms with Gasteiger partial charge in [-0.15, -0.1) is 0 Å². The summed E-state index contributed by atoms with van der Waals surface area (Å²) in [4.78, 5) is 1.39. The van der Waals surface area contributed by atoms with E-state index in [2.05, 4.69) is 15.9 Å². The standard InChI is InChI=1S/C9H15BrF3NO/c10-3-4-14(7-9(11,12)13)6-8-2-1-5-15-8/h8H,1-7H2. The molecular weight excluding hydrogens is 275 g/mol. The molecule has 1 fully saturated rings. The van der Waals surface area contributed by atoms with Gasteiger partial charge in [-0.05, 0) is 12.8 Å². The highest BCUT2D eigenvalue weighted by Gasteiger charge is 2.31. The Kier molecular flexibility index (Phi) is 5.35. The zero-order chi connectivity index (χ0) is 11.3. The molecule has 6 heteroatoms. The first kappa shape index (κ1) is 13.3. The Morgan fingerprint density at radius 3 is 2.60 bits per heavy atom. The molecular formula is C9H15BrF3NO. The molecule has 1 unspecified atom stereocenters. The summed E-state index contributed by atoms with van der Waals surface area (Å²) in [5.74, 6) is 0. The molecule has 1 aliphatic heterocycles. The Morgan fingerprint density at radius 1 is 1.40 bits per heavy atom. The number of halogens is 4. The van der Waals surface area contributed by atoms with Crippen molar-refractivity contribution in [3.8, 4) is 0 Å². The maximum absolute atomic E-state index is 12.2. The highest BCUT2D eigenvalue weighted by Crippen LogP contribution is 2.19. The van der Waals surface area contributed by atoms with Crippen molar-refractivity contribution in [3.05, 3.63) is 0 Å². The topological polar surface area (TPSA) is 12.5 Å². The Labute approximate surface area is 95.9 Å². The molecule has 2 nitrogen and oxygen atoms in total. The fraction of sp³-hybridized carbons (Fsp3) is 1.00. The Morgan fingerprint density at radius 2 is 2.13 bits per heavy atom. The average Bonchev–Trinajstić information content (AvgIpc) is 2.54. The number of nitrogens with zero attached hydrogens (tertiary/aromatic N) is 1. The van der Waals surface area contributed by atoms with Gasteiger partial charge < -0.3 is 4.74 Å². The molecule has 1 heterocycles. The van der Waals surface area contributed by atoms with Gasteiger partial charge in [0.05, 0.1) is 12.6 Å². The minimum absolute atomic E-state index is 0.0219. The number of hydrogen-bond acceptors (Lipinski definition) is 2. The van der Waals surface area contributed by atoms with Gasteiger partial charge in [0.1, 0.15) is 0 Å². The largest absolute Gasteiger partial charge is 0.401 e. The second-order valence-corrected chi connectivity index (χ2v) is 4.47. The first-order valence-corrected chi connectivity index (χ1v) is 6.10. The van der Waals surface area contributed by atoms with E-state index in [9.17, 15) is 13.2 Å². The van der Waals surface area contributed by atoms with Crippen LogP contribution in [0.5, 0.6) is 0 Å². The van der Waals surface area contributed by atoms with Crippen molar-refractivity contribution < 1.29 is 17.9 Å². The fourth-order valence-electron chi connectivity index (χ4n) is 1.68. The second-order valence-electron chi connectivity index (χ2n) is 3.67. The molecule has 1 atom stereocenters. The van der Waals surface area contributed by atoms with E-state index >= 15 is 0 Å². The van der Waals surface area contributed by atoms with Crippen molar-refractivity contribution in [3.63, 3.8) is 0 Å². The maximum Gasteiger partial charge on any atom is 0.401 e. The first-order chi connectivity index (χ1) is 7.01. The van der Waals surface area contributed by atoms with Crippen LogP contribution in [-0.2, 0) is 4.74 Å². The van der Waals surface area contributed by atoms with Gasteiger partial charge in [-0.2, -0.15) is 13.2 Å². The van der Waals surface area contributed by atoms with Crippen molar-refractivity contribution in [1.82, 2.24) is 4.90 Å². The van der Waals surface area contributed by atoms with Crippen LogP contribution in [0.2, 0.25) is 0 Å². The van der Waals surface area contributed by atoms with Crippen LogP contribution in [0.25, 0.3) is 0 Å². The molecule has 0 bridgehead atoms. The van der Waals surface area contributed by atoms with E-state index in [4.69, 9.17) is 4.74 Å². The van der Waals surface area contributed by atoms with Gasteiger partial charge >= 0.3 is 6.18 Å². The third-order valence-electron chi connectivity index (χ3n) is 2.29. The van der Waals surface area contributed by atoms with Crippen LogP contribution in [0, 0.1) is 0 Å². The molecule has 1 saturated heterocycles. The summed E-state index contributed by atoms with van der Waals surface area (Å²) in [6, 6.07) is 0. The normalized spacial score (nSPS) is 22.6. The van der Waals surface area contributed by atoms with Crippen molar-refractivity contribution in [2.24, 2.45) is 0 Å². The lowest BCUT2D eigenvalue weighted by atomic mass is 10.2. The first-order valence-electron chi connectivity index (χ1n) is 4.98. The third kappa shape index (κ3) is 5.73. The van der Waals surface area contributed by atoms with Crippen molar-refractivity contribution in [2.75, 3.05) is 31.6 Å². The summed E-state index contributed by atoms with van der Waals surface area (Å²) in [6.45, 7) is 0.613. The van der Waals surface area contributed by atoms with Crippen molar-refractivity contribution in [1.29, 1.82) is 0 Å². The molecule has 0 spiro atoms. The van der Waals surface area contributed by atoms with Crippen LogP contribution in [0.3, 0.4) is 0 Å². The molecule has 90 valence electrons. The minimum Gasteiger partial charge on any atom is -0.377 e. The molecule has 0 N–H and O–H groups in total. The Balaban J connectivity index is 2.35. The van der Waals surface area contributed by atoms with Crippen LogP contribution >= 0.6 is 15.9 Å². The van der Waals surface area contributed by atoms with E-state index in [0.29, 0.717) is 25.0 Å². The van der Waals surface area contributed by atoms with Gasteiger partial charge in [-0.1, -0.05) is 15.9 Å². The van der Waals surface area contributed by atoms with E-state index in [0.717, 1.165) is 12.8 Å². The molecule has 0 aromatic heterocycles. The van der Waals surface area contributed by atoms with Gasteiger partial charge in [0.15, 0.2) is 0 Å². The second kappa shape index (κ2) is 6.06. The van der Waals surface area contributed by atoms with E-state index in [1.165, 1.54) is 4.90 Å². The zero-order valence-corrected chi connectivity index (χ0v) is 9.98. The van der Waals surface area contributed by atoms with Gasteiger partial charge in [0.25, 0.3) is 0 Å². The van der Waals surface area contributed by atoms with Gasteiger partial charge in [0, 0.05) is 25.0 Å². The van der Waals surface area contributed by atoms with Crippen molar-refractivity contribution >= 4 is 15.9 Å². The average molecular weight is 290 g/mol. The lowest BCUT2D eigenvalue weighted by Crippen LogP contribution is -2.40. The molecule has 0 radical (unpaired) electrons. The predicted molar refractivity (Wildman–Crippen MR) is 55.3 cm³/mol. The predicted octanol–water partition coefficient (Wildman–Crippen LogP) is 2.42. The van der Waals surface area contributed by atoms with Crippen LogP contribution in [0.4, 0.5) is 13.2 Å². The van der Waals surface area contributed by atoms with Crippen LogP contribution in [0.1, 0.15) is 12.8 Å². The van der Waals surface area contributed by atoms with Crippen LogP contribution in [0.15, 0.2) is 0 Å². The zero-order valence-electron chi connectivity index (χ0n) is 8.39. The lowest BCUT2D eigenvalue weighted by molar-refractivity contribution is -0.148. The number of hydrogen-bond donors (Lipinski definition) is 0. The van der Waals surface area contributed by atoms with Gasteiger partial charge in [-0.25, -0.2) is 0 Å². The fourth-order valence-corrected chi connectivity index (χ4v) is 2.19. The Bertz CT molecular complexity index is 183. The number of ether oxygens (including phenoxy) is 1. The summed E-state index contributed by atoms with van der Waals surface area (Å²) >= 11 is 3.16. The van der Waals surface area contributed by atoms with E-state index in [-0.39, 0.29) is 6.10 Å². The summed E-state index contributed by atoms with van der Waals surface area (Å²) in [5, 5.41) is 0.551. The molecule has 0 aromatic carbocycles. The smallest absolute Gasteiger partial charge is 0.377 e. The highest BCUT2D eigenvalue weighted by molar-refractivity contribution is 9.09. The van der Waals surface area contributed by atoms with Crippen LogP contribution < -0.4 is 0 Å². The summed E-state index contributed by atoms with van der Waals surface area (Å²) in [6.07, 6.45) is -2.32. The molecule has 15 heavy (non-hydrogen) atoms. The maximum atomic E-state index is 12.2. The molecule has 0 amide bonds. The lowest BCUT2D eigenvalue weighted by Gasteiger charge is -2.25. The molecule has 0 saturated carbocycles. The van der Waals surface area contributed by atoms with E-state index in [1.54, 1.807) is 0 Å². The van der Waals surface area contributed by atoms with Crippen LogP contribution in [-0.4, -0.2) is 48.8 Å². The van der Waals surface area contributed by atoms with Gasteiger partial charge in [0.2, 0.25) is 0 Å². The Hall–Kier alpha value is 0.190. The quantitative estimate of drug-likeness (QED) is 0.721. The SMILES string of the molecule is FC(F)(F)CN(CCBr)CC1CCCO1. The minimum atomic E-state index is -4.12.